The maximum Gasteiger partial charge on any atom is 0.404 e. The molecular weight excluding hydrogens is 234 g/mol. The summed E-state index contributed by atoms with van der Waals surface area (Å²) in [5.74, 6) is 0.351. The van der Waals surface area contributed by atoms with E-state index >= 15 is 0 Å². The van der Waals surface area contributed by atoms with Crippen LogP contribution in [0.1, 0.15) is 51.4 Å². The second-order valence-corrected chi connectivity index (χ2v) is 5.28. The predicted molar refractivity (Wildman–Crippen MR) is 64.8 cm³/mol. The van der Waals surface area contributed by atoms with Crippen LogP contribution in [0.4, 0.5) is 4.79 Å². The topological polar surface area (TPSA) is 78.6 Å². The molecule has 102 valence electrons. The molecule has 2 fully saturated rings. The lowest BCUT2D eigenvalue weighted by molar-refractivity contribution is -0.145. The van der Waals surface area contributed by atoms with E-state index in [1.54, 1.807) is 0 Å². The van der Waals surface area contributed by atoms with Crippen molar-refractivity contribution in [1.29, 1.82) is 0 Å². The van der Waals surface area contributed by atoms with E-state index in [9.17, 15) is 9.59 Å². The number of esters is 1. The van der Waals surface area contributed by atoms with Gasteiger partial charge in [0.05, 0.1) is 0 Å². The Balaban J connectivity index is 1.91. The zero-order valence-electron chi connectivity index (χ0n) is 10.6. The number of rotatable bonds is 4. The van der Waals surface area contributed by atoms with Crippen LogP contribution in [0.3, 0.4) is 0 Å². The Bertz CT molecular complexity index is 312. The summed E-state index contributed by atoms with van der Waals surface area (Å²) in [6, 6.07) is 0. The van der Waals surface area contributed by atoms with Gasteiger partial charge >= 0.3 is 12.1 Å². The summed E-state index contributed by atoms with van der Waals surface area (Å²) in [7, 11) is 0. The molecule has 1 heterocycles. The number of carbonyl (C=O) groups excluding carboxylic acids is 2. The number of amides is 1. The average Bonchev–Trinajstić information content (AvgIpc) is 2.76. The number of ether oxygens (including phenoxy) is 2. The fourth-order valence-electron chi connectivity index (χ4n) is 2.98. The van der Waals surface area contributed by atoms with E-state index in [-0.39, 0.29) is 18.2 Å². The Morgan fingerprint density at radius 1 is 1.33 bits per heavy atom. The average molecular weight is 255 g/mol. The summed E-state index contributed by atoms with van der Waals surface area (Å²) in [5, 5.41) is 0. The minimum absolute atomic E-state index is 0.207. The first kappa shape index (κ1) is 13.2. The molecule has 2 atom stereocenters. The molecule has 1 amide bonds. The van der Waals surface area contributed by atoms with Crippen LogP contribution >= 0.6 is 0 Å². The Labute approximate surface area is 107 Å². The molecule has 2 N–H and O–H groups in total. The van der Waals surface area contributed by atoms with Crippen molar-refractivity contribution >= 4 is 12.1 Å². The third-order valence-electron chi connectivity index (χ3n) is 3.89. The molecule has 2 aliphatic rings. The summed E-state index contributed by atoms with van der Waals surface area (Å²) >= 11 is 0. The number of primary amides is 1. The molecule has 2 unspecified atom stereocenters. The number of cyclic esters (lactones) is 1. The summed E-state index contributed by atoms with van der Waals surface area (Å²) < 4.78 is 10.3. The summed E-state index contributed by atoms with van der Waals surface area (Å²) in [6.45, 7) is 0. The standard InChI is InChI=1S/C13H21NO4/c14-13(16)18-11(10-6-7-12(15)17-10)8-9-4-2-1-3-5-9/h9-11H,1-8H2,(H2,14,16). The van der Waals surface area contributed by atoms with Crippen molar-refractivity contribution in [2.75, 3.05) is 0 Å². The Kier molecular flexibility index (Phi) is 4.44. The van der Waals surface area contributed by atoms with Gasteiger partial charge in [-0.3, -0.25) is 4.79 Å². The molecule has 5 nitrogen and oxygen atoms in total. The molecule has 1 saturated carbocycles. The third kappa shape index (κ3) is 3.62. The quantitative estimate of drug-likeness (QED) is 0.780. The van der Waals surface area contributed by atoms with Gasteiger partial charge in [-0.25, -0.2) is 4.79 Å². The van der Waals surface area contributed by atoms with Gasteiger partial charge in [-0.05, 0) is 18.8 Å². The molecule has 1 aliphatic heterocycles. The van der Waals surface area contributed by atoms with Crippen LogP contribution in [-0.2, 0) is 14.3 Å². The van der Waals surface area contributed by atoms with Crippen LogP contribution in [0.2, 0.25) is 0 Å². The molecule has 0 aromatic carbocycles. The zero-order chi connectivity index (χ0) is 13.0. The lowest BCUT2D eigenvalue weighted by atomic mass is 9.84. The smallest absolute Gasteiger partial charge is 0.404 e. The van der Waals surface area contributed by atoms with Crippen molar-refractivity contribution in [3.63, 3.8) is 0 Å². The van der Waals surface area contributed by atoms with Crippen LogP contribution in [0.5, 0.6) is 0 Å². The Morgan fingerprint density at radius 2 is 2.06 bits per heavy atom. The van der Waals surface area contributed by atoms with Crippen molar-refractivity contribution in [1.82, 2.24) is 0 Å². The highest BCUT2D eigenvalue weighted by Gasteiger charge is 2.35. The van der Waals surface area contributed by atoms with Crippen molar-refractivity contribution in [2.24, 2.45) is 11.7 Å². The molecule has 0 spiro atoms. The first-order chi connectivity index (χ1) is 8.65. The molecular formula is C13H21NO4. The van der Waals surface area contributed by atoms with Gasteiger partial charge in [0.15, 0.2) is 0 Å². The van der Waals surface area contributed by atoms with E-state index in [1.807, 2.05) is 0 Å². The van der Waals surface area contributed by atoms with Gasteiger partial charge in [-0.1, -0.05) is 32.1 Å². The monoisotopic (exact) mass is 255 g/mol. The number of nitrogens with two attached hydrogens (primary N) is 1. The van der Waals surface area contributed by atoms with Gasteiger partial charge in [0.2, 0.25) is 0 Å². The van der Waals surface area contributed by atoms with Crippen LogP contribution in [0, 0.1) is 5.92 Å². The summed E-state index contributed by atoms with van der Waals surface area (Å²) in [6.07, 6.45) is 6.45. The molecule has 0 aromatic heterocycles. The lowest BCUT2D eigenvalue weighted by Crippen LogP contribution is -2.35. The molecule has 1 aliphatic carbocycles. The van der Waals surface area contributed by atoms with Crippen molar-refractivity contribution in [3.8, 4) is 0 Å². The van der Waals surface area contributed by atoms with Crippen LogP contribution in [0.15, 0.2) is 0 Å². The van der Waals surface area contributed by atoms with Crippen molar-refractivity contribution in [2.45, 2.75) is 63.6 Å². The number of hydrogen-bond acceptors (Lipinski definition) is 4. The van der Waals surface area contributed by atoms with Crippen molar-refractivity contribution < 1.29 is 19.1 Å². The highest BCUT2D eigenvalue weighted by atomic mass is 16.6. The van der Waals surface area contributed by atoms with E-state index < -0.39 is 6.09 Å². The molecule has 0 aromatic rings. The molecule has 1 saturated heterocycles. The predicted octanol–water partition coefficient (Wildman–Crippen LogP) is 2.13. The van der Waals surface area contributed by atoms with E-state index in [1.165, 1.54) is 32.1 Å². The molecule has 0 radical (unpaired) electrons. The fourth-order valence-corrected chi connectivity index (χ4v) is 2.98. The van der Waals surface area contributed by atoms with Gasteiger partial charge in [0.1, 0.15) is 12.2 Å². The van der Waals surface area contributed by atoms with Gasteiger partial charge in [-0.15, -0.1) is 0 Å². The van der Waals surface area contributed by atoms with Crippen LogP contribution in [-0.4, -0.2) is 24.3 Å². The maximum atomic E-state index is 11.1. The zero-order valence-corrected chi connectivity index (χ0v) is 10.6. The fraction of sp³-hybridized carbons (Fsp3) is 0.846. The molecule has 5 heteroatoms. The molecule has 0 bridgehead atoms. The van der Waals surface area contributed by atoms with Crippen LogP contribution in [0.25, 0.3) is 0 Å². The Morgan fingerprint density at radius 3 is 2.61 bits per heavy atom. The van der Waals surface area contributed by atoms with Gasteiger partial charge in [-0.2, -0.15) is 0 Å². The first-order valence-electron chi connectivity index (χ1n) is 6.80. The highest BCUT2D eigenvalue weighted by Crippen LogP contribution is 2.31. The SMILES string of the molecule is NC(=O)OC(CC1CCCCC1)C1CCC(=O)O1. The normalized spacial score (nSPS) is 26.7. The minimum atomic E-state index is -0.779. The molecule has 2 rings (SSSR count). The lowest BCUT2D eigenvalue weighted by Gasteiger charge is -2.28. The van der Waals surface area contributed by atoms with Gasteiger partial charge in [0, 0.05) is 6.42 Å². The third-order valence-corrected chi connectivity index (χ3v) is 3.89. The second kappa shape index (κ2) is 6.07. The minimum Gasteiger partial charge on any atom is -0.458 e. The number of carbonyl (C=O) groups is 2. The molecule has 18 heavy (non-hydrogen) atoms. The summed E-state index contributed by atoms with van der Waals surface area (Å²) in [4.78, 5) is 22.1. The largest absolute Gasteiger partial charge is 0.458 e. The summed E-state index contributed by atoms with van der Waals surface area (Å²) in [5.41, 5.74) is 5.10. The van der Waals surface area contributed by atoms with E-state index in [2.05, 4.69) is 0 Å². The van der Waals surface area contributed by atoms with E-state index in [0.29, 0.717) is 18.8 Å². The maximum absolute atomic E-state index is 11.1. The van der Waals surface area contributed by atoms with E-state index in [0.717, 1.165) is 6.42 Å². The van der Waals surface area contributed by atoms with Crippen molar-refractivity contribution in [3.05, 3.63) is 0 Å². The second-order valence-electron chi connectivity index (χ2n) is 5.28. The Hall–Kier alpha value is -1.26. The highest BCUT2D eigenvalue weighted by molar-refractivity contribution is 5.71. The van der Waals surface area contributed by atoms with Gasteiger partial charge in [0.25, 0.3) is 0 Å². The van der Waals surface area contributed by atoms with Crippen LogP contribution < -0.4 is 5.73 Å². The van der Waals surface area contributed by atoms with E-state index in [4.69, 9.17) is 15.2 Å². The first-order valence-corrected chi connectivity index (χ1v) is 6.80. The number of hydrogen-bond donors (Lipinski definition) is 1. The van der Waals surface area contributed by atoms with Gasteiger partial charge < -0.3 is 15.2 Å².